The van der Waals surface area contributed by atoms with Crippen molar-refractivity contribution >= 4 is 5.97 Å². The lowest BCUT2D eigenvalue weighted by molar-refractivity contribution is 0.0599. The summed E-state index contributed by atoms with van der Waals surface area (Å²) in [5, 5.41) is 3.35. The standard InChI is InChI=1S/C14H21NO3/c1-10-13(14(16)17-2)8-12(18-10)9-15-7-6-11-4-3-5-11/h8,11,15H,3-7,9H2,1-2H3. The van der Waals surface area contributed by atoms with Crippen LogP contribution in [0.1, 0.15) is 47.6 Å². The highest BCUT2D eigenvalue weighted by atomic mass is 16.5. The van der Waals surface area contributed by atoms with Crippen LogP contribution in [-0.2, 0) is 11.3 Å². The molecule has 1 N–H and O–H groups in total. The number of rotatable bonds is 6. The minimum atomic E-state index is -0.336. The maximum absolute atomic E-state index is 11.4. The van der Waals surface area contributed by atoms with Crippen molar-refractivity contribution in [3.63, 3.8) is 0 Å². The molecule has 18 heavy (non-hydrogen) atoms. The lowest BCUT2D eigenvalue weighted by Crippen LogP contribution is -2.20. The Morgan fingerprint density at radius 1 is 1.56 bits per heavy atom. The van der Waals surface area contributed by atoms with E-state index in [0.717, 1.165) is 18.2 Å². The molecule has 0 saturated heterocycles. The van der Waals surface area contributed by atoms with Crippen molar-refractivity contribution in [2.45, 2.75) is 39.2 Å². The first-order valence-electron chi connectivity index (χ1n) is 6.59. The van der Waals surface area contributed by atoms with Crippen LogP contribution in [0.2, 0.25) is 0 Å². The molecule has 0 bridgehead atoms. The van der Waals surface area contributed by atoms with Crippen LogP contribution >= 0.6 is 0 Å². The number of nitrogens with one attached hydrogen (secondary N) is 1. The van der Waals surface area contributed by atoms with E-state index in [1.54, 1.807) is 13.0 Å². The van der Waals surface area contributed by atoms with E-state index in [1.165, 1.54) is 32.8 Å². The molecule has 100 valence electrons. The fraction of sp³-hybridized carbons (Fsp3) is 0.643. The Hall–Kier alpha value is -1.29. The summed E-state index contributed by atoms with van der Waals surface area (Å²) in [7, 11) is 1.38. The molecule has 0 radical (unpaired) electrons. The van der Waals surface area contributed by atoms with Crippen molar-refractivity contribution in [1.29, 1.82) is 0 Å². The van der Waals surface area contributed by atoms with Gasteiger partial charge in [-0.1, -0.05) is 19.3 Å². The van der Waals surface area contributed by atoms with Gasteiger partial charge in [0.15, 0.2) is 0 Å². The number of methoxy groups -OCH3 is 1. The molecule has 0 aliphatic heterocycles. The molecule has 0 spiro atoms. The molecule has 1 aromatic rings. The maximum Gasteiger partial charge on any atom is 0.341 e. The maximum atomic E-state index is 11.4. The molecule has 1 aromatic heterocycles. The number of carbonyl (C=O) groups is 1. The summed E-state index contributed by atoms with van der Waals surface area (Å²) in [6, 6.07) is 1.76. The Labute approximate surface area is 108 Å². The number of esters is 1. The second-order valence-electron chi connectivity index (χ2n) is 4.94. The summed E-state index contributed by atoms with van der Waals surface area (Å²) < 4.78 is 10.2. The highest BCUT2D eigenvalue weighted by Gasteiger charge is 2.17. The van der Waals surface area contributed by atoms with Crippen LogP contribution in [0.25, 0.3) is 0 Å². The molecule has 0 atom stereocenters. The van der Waals surface area contributed by atoms with Crippen LogP contribution in [-0.4, -0.2) is 19.6 Å². The summed E-state index contributed by atoms with van der Waals surface area (Å²) in [5.74, 6) is 2.00. The first-order chi connectivity index (χ1) is 8.70. The first kappa shape index (κ1) is 13.1. The van der Waals surface area contributed by atoms with E-state index in [9.17, 15) is 4.79 Å². The predicted molar refractivity (Wildman–Crippen MR) is 68.4 cm³/mol. The second kappa shape index (κ2) is 6.05. The lowest BCUT2D eigenvalue weighted by atomic mass is 9.83. The molecule has 1 aliphatic carbocycles. The fourth-order valence-electron chi connectivity index (χ4n) is 2.24. The number of ether oxygens (including phenoxy) is 1. The minimum absolute atomic E-state index is 0.336. The van der Waals surface area contributed by atoms with Crippen LogP contribution in [0.5, 0.6) is 0 Å². The van der Waals surface area contributed by atoms with E-state index in [2.05, 4.69) is 5.32 Å². The largest absolute Gasteiger partial charge is 0.465 e. The van der Waals surface area contributed by atoms with Gasteiger partial charge in [0.1, 0.15) is 17.1 Å². The van der Waals surface area contributed by atoms with Crippen LogP contribution < -0.4 is 5.32 Å². The third-order valence-electron chi connectivity index (χ3n) is 3.63. The molecular formula is C14H21NO3. The van der Waals surface area contributed by atoms with Gasteiger partial charge in [-0.15, -0.1) is 0 Å². The van der Waals surface area contributed by atoms with Gasteiger partial charge in [-0.25, -0.2) is 4.79 Å². The number of furan rings is 1. The number of carbonyl (C=O) groups excluding carboxylic acids is 1. The third-order valence-corrected chi connectivity index (χ3v) is 3.63. The second-order valence-corrected chi connectivity index (χ2v) is 4.94. The van der Waals surface area contributed by atoms with E-state index in [4.69, 9.17) is 9.15 Å². The summed E-state index contributed by atoms with van der Waals surface area (Å²) in [6.07, 6.45) is 5.40. The van der Waals surface area contributed by atoms with Crippen LogP contribution in [0, 0.1) is 12.8 Å². The average Bonchev–Trinajstić information content (AvgIpc) is 2.67. The van der Waals surface area contributed by atoms with E-state index in [-0.39, 0.29) is 5.97 Å². The van der Waals surface area contributed by atoms with Crippen molar-refractivity contribution in [2.75, 3.05) is 13.7 Å². The zero-order valence-electron chi connectivity index (χ0n) is 11.1. The fourth-order valence-corrected chi connectivity index (χ4v) is 2.24. The van der Waals surface area contributed by atoms with E-state index < -0.39 is 0 Å². The summed E-state index contributed by atoms with van der Waals surface area (Å²) >= 11 is 0. The van der Waals surface area contributed by atoms with Crippen molar-refractivity contribution in [1.82, 2.24) is 5.32 Å². The Morgan fingerprint density at radius 2 is 2.33 bits per heavy atom. The quantitative estimate of drug-likeness (QED) is 0.624. The summed E-state index contributed by atoms with van der Waals surface area (Å²) in [4.78, 5) is 11.4. The van der Waals surface area contributed by atoms with Crippen LogP contribution in [0.3, 0.4) is 0 Å². The van der Waals surface area contributed by atoms with Gasteiger partial charge < -0.3 is 14.5 Å². The van der Waals surface area contributed by atoms with Crippen molar-refractivity contribution < 1.29 is 13.9 Å². The first-order valence-corrected chi connectivity index (χ1v) is 6.59. The van der Waals surface area contributed by atoms with Gasteiger partial charge in [-0.3, -0.25) is 0 Å². The highest BCUT2D eigenvalue weighted by Crippen LogP contribution is 2.28. The molecule has 2 rings (SSSR count). The molecule has 4 heteroatoms. The SMILES string of the molecule is COC(=O)c1cc(CNCCC2CCC2)oc1C. The molecule has 0 unspecified atom stereocenters. The topological polar surface area (TPSA) is 51.5 Å². The van der Waals surface area contributed by atoms with Gasteiger partial charge in [0, 0.05) is 0 Å². The summed E-state index contributed by atoms with van der Waals surface area (Å²) in [5.41, 5.74) is 0.522. The lowest BCUT2D eigenvalue weighted by Gasteiger charge is -2.25. The molecule has 1 fully saturated rings. The molecule has 1 aliphatic rings. The number of aryl methyl sites for hydroxylation is 1. The van der Waals surface area contributed by atoms with Crippen molar-refractivity contribution in [3.8, 4) is 0 Å². The summed E-state index contributed by atoms with van der Waals surface area (Å²) in [6.45, 7) is 3.46. The molecular weight excluding hydrogens is 230 g/mol. The highest BCUT2D eigenvalue weighted by molar-refractivity contribution is 5.90. The molecule has 1 saturated carbocycles. The minimum Gasteiger partial charge on any atom is -0.465 e. The number of hydrogen-bond acceptors (Lipinski definition) is 4. The third kappa shape index (κ3) is 3.13. The molecule has 0 amide bonds. The monoisotopic (exact) mass is 251 g/mol. The van der Waals surface area contributed by atoms with E-state index in [0.29, 0.717) is 17.9 Å². The van der Waals surface area contributed by atoms with Gasteiger partial charge in [-0.2, -0.15) is 0 Å². The zero-order chi connectivity index (χ0) is 13.0. The van der Waals surface area contributed by atoms with Crippen molar-refractivity contribution in [2.24, 2.45) is 5.92 Å². The van der Waals surface area contributed by atoms with Gasteiger partial charge in [-0.05, 0) is 31.9 Å². The average molecular weight is 251 g/mol. The predicted octanol–water partition coefficient (Wildman–Crippen LogP) is 2.65. The Balaban J connectivity index is 1.76. The normalized spacial score (nSPS) is 15.4. The Bertz CT molecular complexity index is 407. The Kier molecular flexibility index (Phi) is 4.42. The van der Waals surface area contributed by atoms with Crippen LogP contribution in [0.4, 0.5) is 0 Å². The molecule has 0 aromatic carbocycles. The number of hydrogen-bond donors (Lipinski definition) is 1. The van der Waals surface area contributed by atoms with Gasteiger partial charge >= 0.3 is 5.97 Å². The van der Waals surface area contributed by atoms with Crippen molar-refractivity contribution in [3.05, 3.63) is 23.2 Å². The molecule has 1 heterocycles. The van der Waals surface area contributed by atoms with Gasteiger partial charge in [0.05, 0.1) is 13.7 Å². The molecule has 4 nitrogen and oxygen atoms in total. The van der Waals surface area contributed by atoms with Crippen LogP contribution in [0.15, 0.2) is 10.5 Å². The Morgan fingerprint density at radius 3 is 2.94 bits per heavy atom. The van der Waals surface area contributed by atoms with Gasteiger partial charge in [0.25, 0.3) is 0 Å². The van der Waals surface area contributed by atoms with E-state index in [1.807, 2.05) is 0 Å². The van der Waals surface area contributed by atoms with Gasteiger partial charge in [0.2, 0.25) is 0 Å². The smallest absolute Gasteiger partial charge is 0.341 e. The van der Waals surface area contributed by atoms with E-state index >= 15 is 0 Å². The zero-order valence-corrected chi connectivity index (χ0v) is 11.1.